The average molecular weight is 346 g/mol. The van der Waals surface area contributed by atoms with Gasteiger partial charge in [0.15, 0.2) is 0 Å². The Hall–Kier alpha value is -2.04. The van der Waals surface area contributed by atoms with Gasteiger partial charge in [0.05, 0.1) is 13.2 Å². The lowest BCUT2D eigenvalue weighted by Gasteiger charge is -2.05. The van der Waals surface area contributed by atoms with Crippen LogP contribution < -0.4 is 9.47 Å². The molecule has 0 saturated heterocycles. The van der Waals surface area contributed by atoms with Crippen molar-refractivity contribution in [1.29, 1.82) is 0 Å². The molecule has 0 amide bonds. The fourth-order valence-electron chi connectivity index (χ4n) is 1.96. The summed E-state index contributed by atoms with van der Waals surface area (Å²) in [5.74, 6) is 1.80. The maximum Gasteiger partial charge on any atom is 0.119 e. The van der Waals surface area contributed by atoms with Crippen LogP contribution in [-0.4, -0.2) is 36.6 Å². The lowest BCUT2D eigenvalue weighted by atomic mass is 10.2. The molecular weight excluding hydrogens is 316 g/mol. The number of hydrogen-bond acceptors (Lipinski definition) is 4. The quantitative estimate of drug-likeness (QED) is 0.639. The predicted molar refractivity (Wildman–Crippen MR) is 101 cm³/mol. The first-order chi connectivity index (χ1) is 12.3. The smallest absolute Gasteiger partial charge is 0.119 e. The predicted octanol–water partition coefficient (Wildman–Crippen LogP) is 3.98. The zero-order chi connectivity index (χ0) is 18.2. The van der Waals surface area contributed by atoms with Crippen molar-refractivity contribution in [2.75, 3.05) is 26.4 Å². The number of rotatable bonds is 10. The second kappa shape index (κ2) is 14.3. The zero-order valence-electron chi connectivity index (χ0n) is 15.1. The number of para-hydroxylation sites is 1. The zero-order valence-corrected chi connectivity index (χ0v) is 15.1. The van der Waals surface area contributed by atoms with E-state index in [1.54, 1.807) is 0 Å². The van der Waals surface area contributed by atoms with Crippen molar-refractivity contribution in [3.63, 3.8) is 0 Å². The van der Waals surface area contributed by atoms with Crippen LogP contribution in [0.25, 0.3) is 0 Å². The molecule has 0 heterocycles. The Kier molecular flexibility index (Phi) is 12.0. The molecule has 0 aliphatic carbocycles. The molecule has 138 valence electrons. The molecule has 0 bridgehead atoms. The first kappa shape index (κ1) is 21.0. The molecular formula is C21H30O4. The lowest BCUT2D eigenvalue weighted by Crippen LogP contribution is -1.98. The van der Waals surface area contributed by atoms with Gasteiger partial charge in [0, 0.05) is 13.2 Å². The standard InChI is InChI=1S/C11H16O2.C10H14O2/c1-10-4-6-11(7-5-10)13-9-3-2-8-12;11-8-4-5-9-12-10-6-2-1-3-7-10/h4-7,12H,2-3,8-9H2,1H3;1-3,6-7,11H,4-5,8-9H2. The summed E-state index contributed by atoms with van der Waals surface area (Å²) in [5, 5.41) is 17.1. The maximum atomic E-state index is 8.54. The average Bonchev–Trinajstić information content (AvgIpc) is 2.65. The van der Waals surface area contributed by atoms with Gasteiger partial charge in [0.1, 0.15) is 11.5 Å². The van der Waals surface area contributed by atoms with Crippen molar-refractivity contribution < 1.29 is 19.7 Å². The Morgan fingerprint density at radius 3 is 1.60 bits per heavy atom. The van der Waals surface area contributed by atoms with E-state index in [2.05, 4.69) is 6.92 Å². The third-order valence-corrected chi connectivity index (χ3v) is 3.41. The number of aliphatic hydroxyl groups is 2. The number of aryl methyl sites for hydroxylation is 1. The maximum absolute atomic E-state index is 8.54. The monoisotopic (exact) mass is 346 g/mol. The van der Waals surface area contributed by atoms with E-state index in [-0.39, 0.29) is 13.2 Å². The molecule has 2 rings (SSSR count). The molecule has 0 aromatic heterocycles. The number of benzene rings is 2. The summed E-state index contributed by atoms with van der Waals surface area (Å²) in [6, 6.07) is 17.7. The molecule has 0 saturated carbocycles. The van der Waals surface area contributed by atoms with Gasteiger partial charge in [0.2, 0.25) is 0 Å². The molecule has 2 aromatic rings. The number of unbranched alkanes of at least 4 members (excludes halogenated alkanes) is 2. The second-order valence-corrected chi connectivity index (χ2v) is 5.68. The van der Waals surface area contributed by atoms with Gasteiger partial charge in [-0.25, -0.2) is 0 Å². The largest absolute Gasteiger partial charge is 0.494 e. The van der Waals surface area contributed by atoms with E-state index in [0.29, 0.717) is 13.2 Å². The summed E-state index contributed by atoms with van der Waals surface area (Å²) in [6.07, 6.45) is 3.44. The Balaban J connectivity index is 0.000000251. The van der Waals surface area contributed by atoms with Crippen molar-refractivity contribution in [3.8, 4) is 11.5 Å². The van der Waals surface area contributed by atoms with Crippen LogP contribution in [0, 0.1) is 6.92 Å². The first-order valence-corrected chi connectivity index (χ1v) is 8.85. The van der Waals surface area contributed by atoms with Crippen LogP contribution in [0.15, 0.2) is 54.6 Å². The molecule has 0 unspecified atom stereocenters. The highest BCUT2D eigenvalue weighted by Gasteiger charge is 1.92. The highest BCUT2D eigenvalue weighted by Crippen LogP contribution is 2.11. The van der Waals surface area contributed by atoms with Gasteiger partial charge in [-0.2, -0.15) is 0 Å². The van der Waals surface area contributed by atoms with Crippen LogP contribution in [-0.2, 0) is 0 Å². The SMILES string of the molecule is Cc1ccc(OCCCCO)cc1.OCCCCOc1ccccc1. The van der Waals surface area contributed by atoms with Gasteiger partial charge >= 0.3 is 0 Å². The molecule has 2 aromatic carbocycles. The minimum Gasteiger partial charge on any atom is -0.494 e. The van der Waals surface area contributed by atoms with E-state index in [9.17, 15) is 0 Å². The molecule has 0 atom stereocenters. The summed E-state index contributed by atoms with van der Waals surface area (Å²) < 4.78 is 10.8. The van der Waals surface area contributed by atoms with E-state index >= 15 is 0 Å². The summed E-state index contributed by atoms with van der Waals surface area (Å²) in [7, 11) is 0. The van der Waals surface area contributed by atoms with Gasteiger partial charge < -0.3 is 19.7 Å². The van der Waals surface area contributed by atoms with Crippen LogP contribution in [0.2, 0.25) is 0 Å². The van der Waals surface area contributed by atoms with Gasteiger partial charge in [-0.3, -0.25) is 0 Å². The van der Waals surface area contributed by atoms with Crippen molar-refractivity contribution in [2.45, 2.75) is 32.6 Å². The van der Waals surface area contributed by atoms with Crippen LogP contribution in [0.1, 0.15) is 31.2 Å². The Morgan fingerprint density at radius 2 is 1.12 bits per heavy atom. The molecule has 4 heteroatoms. The van der Waals surface area contributed by atoms with Gasteiger partial charge in [-0.1, -0.05) is 35.9 Å². The Labute approximate surface area is 151 Å². The van der Waals surface area contributed by atoms with Gasteiger partial charge in [-0.15, -0.1) is 0 Å². The highest BCUT2D eigenvalue weighted by atomic mass is 16.5. The number of hydrogen-bond donors (Lipinski definition) is 2. The van der Waals surface area contributed by atoms with E-state index in [1.807, 2.05) is 54.6 Å². The van der Waals surface area contributed by atoms with E-state index in [4.69, 9.17) is 19.7 Å². The van der Waals surface area contributed by atoms with E-state index < -0.39 is 0 Å². The van der Waals surface area contributed by atoms with E-state index in [0.717, 1.165) is 37.2 Å². The summed E-state index contributed by atoms with van der Waals surface area (Å²) in [6.45, 7) is 3.92. The fourth-order valence-corrected chi connectivity index (χ4v) is 1.96. The normalized spacial score (nSPS) is 9.88. The second-order valence-electron chi connectivity index (χ2n) is 5.68. The van der Waals surface area contributed by atoms with Crippen molar-refractivity contribution >= 4 is 0 Å². The summed E-state index contributed by atoms with van der Waals surface area (Å²) >= 11 is 0. The molecule has 0 radical (unpaired) electrons. The van der Waals surface area contributed by atoms with Crippen LogP contribution in [0.5, 0.6) is 11.5 Å². The number of aliphatic hydroxyl groups excluding tert-OH is 2. The molecule has 25 heavy (non-hydrogen) atoms. The number of ether oxygens (including phenoxy) is 2. The van der Waals surface area contributed by atoms with Crippen LogP contribution in [0.3, 0.4) is 0 Å². The Bertz CT molecular complexity index is 525. The van der Waals surface area contributed by atoms with Crippen LogP contribution in [0.4, 0.5) is 0 Å². The lowest BCUT2D eigenvalue weighted by molar-refractivity contribution is 0.253. The van der Waals surface area contributed by atoms with Gasteiger partial charge in [-0.05, 0) is 56.9 Å². The third-order valence-electron chi connectivity index (χ3n) is 3.41. The third kappa shape index (κ3) is 11.2. The molecule has 2 N–H and O–H groups in total. The minimum atomic E-state index is 0.247. The summed E-state index contributed by atoms with van der Waals surface area (Å²) in [5.41, 5.74) is 1.24. The molecule has 0 fully saturated rings. The van der Waals surface area contributed by atoms with Crippen molar-refractivity contribution in [3.05, 3.63) is 60.2 Å². The highest BCUT2D eigenvalue weighted by molar-refractivity contribution is 5.26. The van der Waals surface area contributed by atoms with Crippen molar-refractivity contribution in [1.82, 2.24) is 0 Å². The minimum absolute atomic E-state index is 0.247. The molecule has 0 spiro atoms. The molecule has 4 nitrogen and oxygen atoms in total. The molecule has 0 aliphatic heterocycles. The van der Waals surface area contributed by atoms with Crippen molar-refractivity contribution in [2.24, 2.45) is 0 Å². The van der Waals surface area contributed by atoms with Gasteiger partial charge in [0.25, 0.3) is 0 Å². The summed E-state index contributed by atoms with van der Waals surface area (Å²) in [4.78, 5) is 0. The topological polar surface area (TPSA) is 58.9 Å². The van der Waals surface area contributed by atoms with Crippen LogP contribution >= 0.6 is 0 Å². The first-order valence-electron chi connectivity index (χ1n) is 8.85. The molecule has 0 aliphatic rings. The fraction of sp³-hybridized carbons (Fsp3) is 0.429. The van der Waals surface area contributed by atoms with E-state index in [1.165, 1.54) is 5.56 Å². The Morgan fingerprint density at radius 1 is 0.640 bits per heavy atom.